The summed E-state index contributed by atoms with van der Waals surface area (Å²) in [6.45, 7) is 5.97. The van der Waals surface area contributed by atoms with Crippen molar-refractivity contribution < 1.29 is 13.7 Å². The summed E-state index contributed by atoms with van der Waals surface area (Å²) in [5.41, 5.74) is 2.55. The van der Waals surface area contributed by atoms with Gasteiger partial charge in [0.05, 0.1) is 12.7 Å². The molecule has 5 nitrogen and oxygen atoms in total. The Morgan fingerprint density at radius 1 is 1.33 bits per heavy atom. The standard InChI is InChI=1S/C18H16FN3O2/c1-12(2)18-8-16(21-24-18)17(23)7-14-9-20-22(11-14)10-13-4-3-5-15(19)6-13/h3-6,8-9,11H,1,7,10H2,2H3. The number of Topliss-reactive ketones (excluding diaryl/α,β-unsaturated/α-hetero) is 1. The molecule has 0 aliphatic rings. The molecule has 2 heterocycles. The first-order valence-electron chi connectivity index (χ1n) is 7.43. The molecular weight excluding hydrogens is 309 g/mol. The molecule has 0 saturated heterocycles. The number of carbonyl (C=O) groups excluding carboxylic acids is 1. The molecule has 24 heavy (non-hydrogen) atoms. The lowest BCUT2D eigenvalue weighted by atomic mass is 10.1. The van der Waals surface area contributed by atoms with E-state index >= 15 is 0 Å². The van der Waals surface area contributed by atoms with Gasteiger partial charge in [0.2, 0.25) is 0 Å². The number of hydrogen-bond acceptors (Lipinski definition) is 4. The van der Waals surface area contributed by atoms with Crippen LogP contribution in [0.4, 0.5) is 4.39 Å². The number of halogens is 1. The van der Waals surface area contributed by atoms with Crippen molar-refractivity contribution in [2.24, 2.45) is 0 Å². The minimum Gasteiger partial charge on any atom is -0.356 e. The van der Waals surface area contributed by atoms with Gasteiger partial charge >= 0.3 is 0 Å². The highest BCUT2D eigenvalue weighted by molar-refractivity contribution is 5.96. The monoisotopic (exact) mass is 325 g/mol. The maximum atomic E-state index is 13.2. The van der Waals surface area contributed by atoms with Crippen molar-refractivity contribution in [2.75, 3.05) is 0 Å². The van der Waals surface area contributed by atoms with Crippen LogP contribution in [0.1, 0.15) is 34.3 Å². The SMILES string of the molecule is C=C(C)c1cc(C(=O)Cc2cnn(Cc3cccc(F)c3)c2)no1. The molecule has 0 atom stereocenters. The van der Waals surface area contributed by atoms with Gasteiger partial charge in [-0.2, -0.15) is 5.10 Å². The van der Waals surface area contributed by atoms with Crippen molar-refractivity contribution in [2.45, 2.75) is 19.9 Å². The van der Waals surface area contributed by atoms with Crippen LogP contribution in [0, 0.1) is 5.82 Å². The van der Waals surface area contributed by atoms with Crippen LogP contribution in [-0.2, 0) is 13.0 Å². The van der Waals surface area contributed by atoms with Gasteiger partial charge in [0.15, 0.2) is 17.2 Å². The smallest absolute Gasteiger partial charge is 0.189 e. The Morgan fingerprint density at radius 3 is 2.88 bits per heavy atom. The Hall–Kier alpha value is -3.02. The molecule has 0 aliphatic heterocycles. The summed E-state index contributed by atoms with van der Waals surface area (Å²) in [5, 5.41) is 7.97. The molecule has 6 heteroatoms. The lowest BCUT2D eigenvalue weighted by Gasteiger charge is -2.01. The Balaban J connectivity index is 1.67. The van der Waals surface area contributed by atoms with Gasteiger partial charge in [0, 0.05) is 18.7 Å². The third kappa shape index (κ3) is 3.65. The van der Waals surface area contributed by atoms with E-state index in [4.69, 9.17) is 4.52 Å². The minimum absolute atomic E-state index is 0.156. The number of aromatic nitrogens is 3. The molecule has 122 valence electrons. The van der Waals surface area contributed by atoms with Crippen molar-refractivity contribution in [1.29, 1.82) is 0 Å². The van der Waals surface area contributed by atoms with Crippen LogP contribution in [-0.4, -0.2) is 20.7 Å². The summed E-state index contributed by atoms with van der Waals surface area (Å²) in [7, 11) is 0. The highest BCUT2D eigenvalue weighted by Crippen LogP contribution is 2.14. The second-order valence-corrected chi connectivity index (χ2v) is 5.63. The summed E-state index contributed by atoms with van der Waals surface area (Å²) >= 11 is 0. The molecule has 0 saturated carbocycles. The number of hydrogen-bond donors (Lipinski definition) is 0. The third-order valence-corrected chi connectivity index (χ3v) is 3.50. The molecule has 0 unspecified atom stereocenters. The van der Waals surface area contributed by atoms with Gasteiger partial charge < -0.3 is 4.52 Å². The average Bonchev–Trinajstić information content (AvgIpc) is 3.17. The van der Waals surface area contributed by atoms with Crippen molar-refractivity contribution in [3.05, 3.63) is 77.7 Å². The number of carbonyl (C=O) groups is 1. The van der Waals surface area contributed by atoms with Gasteiger partial charge in [0.1, 0.15) is 5.82 Å². The molecule has 0 N–H and O–H groups in total. The van der Waals surface area contributed by atoms with Crippen LogP contribution in [0.25, 0.3) is 5.57 Å². The fourth-order valence-electron chi connectivity index (χ4n) is 2.29. The molecule has 0 amide bonds. The summed E-state index contributed by atoms with van der Waals surface area (Å²) in [6, 6.07) is 7.92. The van der Waals surface area contributed by atoms with E-state index < -0.39 is 0 Å². The van der Waals surface area contributed by atoms with E-state index in [1.165, 1.54) is 12.1 Å². The fourth-order valence-corrected chi connectivity index (χ4v) is 2.29. The lowest BCUT2D eigenvalue weighted by Crippen LogP contribution is -2.03. The number of benzene rings is 1. The van der Waals surface area contributed by atoms with Gasteiger partial charge in [-0.3, -0.25) is 9.48 Å². The van der Waals surface area contributed by atoms with Crippen LogP contribution in [0.15, 0.2) is 53.8 Å². The quantitative estimate of drug-likeness (QED) is 0.651. The van der Waals surface area contributed by atoms with Gasteiger partial charge in [0.25, 0.3) is 0 Å². The minimum atomic E-state index is -0.283. The van der Waals surface area contributed by atoms with Crippen LogP contribution < -0.4 is 0 Å². The highest BCUT2D eigenvalue weighted by Gasteiger charge is 2.14. The highest BCUT2D eigenvalue weighted by atomic mass is 19.1. The Bertz CT molecular complexity index is 895. The fraction of sp³-hybridized carbons (Fsp3) is 0.167. The van der Waals surface area contributed by atoms with E-state index in [-0.39, 0.29) is 23.7 Å². The molecule has 3 aromatic rings. The summed E-state index contributed by atoms with van der Waals surface area (Å²) in [6.07, 6.45) is 3.56. The number of ketones is 1. The predicted octanol–water partition coefficient (Wildman–Crippen LogP) is 3.52. The second-order valence-electron chi connectivity index (χ2n) is 5.63. The zero-order valence-corrected chi connectivity index (χ0v) is 13.2. The molecule has 1 aromatic carbocycles. The third-order valence-electron chi connectivity index (χ3n) is 3.50. The van der Waals surface area contributed by atoms with Gasteiger partial charge in [-0.05, 0) is 35.8 Å². The molecule has 0 fully saturated rings. The zero-order valence-electron chi connectivity index (χ0n) is 13.2. The molecule has 0 aliphatic carbocycles. The van der Waals surface area contributed by atoms with Gasteiger partial charge in [-0.25, -0.2) is 4.39 Å². The summed E-state index contributed by atoms with van der Waals surface area (Å²) < 4.78 is 19.9. The molecule has 0 bridgehead atoms. The van der Waals surface area contributed by atoms with E-state index in [0.717, 1.165) is 11.1 Å². The second kappa shape index (κ2) is 6.62. The van der Waals surface area contributed by atoms with Crippen molar-refractivity contribution in [1.82, 2.24) is 14.9 Å². The van der Waals surface area contributed by atoms with Crippen molar-refractivity contribution in [3.8, 4) is 0 Å². The Morgan fingerprint density at radius 2 is 2.17 bits per heavy atom. The summed E-state index contributed by atoms with van der Waals surface area (Å²) in [4.78, 5) is 12.2. The predicted molar refractivity (Wildman–Crippen MR) is 87.0 cm³/mol. The maximum Gasteiger partial charge on any atom is 0.189 e. The largest absolute Gasteiger partial charge is 0.356 e. The van der Waals surface area contributed by atoms with Crippen LogP contribution in [0.3, 0.4) is 0 Å². The first kappa shape index (κ1) is 15.9. The molecule has 0 radical (unpaired) electrons. The number of allylic oxidation sites excluding steroid dienone is 1. The normalized spacial score (nSPS) is 10.8. The van der Waals surface area contributed by atoms with Crippen LogP contribution in [0.5, 0.6) is 0 Å². The molecular formula is C18H16FN3O2. The van der Waals surface area contributed by atoms with E-state index in [9.17, 15) is 9.18 Å². The average molecular weight is 325 g/mol. The van der Waals surface area contributed by atoms with Crippen molar-refractivity contribution >= 4 is 11.4 Å². The first-order valence-corrected chi connectivity index (χ1v) is 7.43. The zero-order chi connectivity index (χ0) is 17.1. The first-order chi connectivity index (χ1) is 11.5. The lowest BCUT2D eigenvalue weighted by molar-refractivity contribution is 0.0984. The van der Waals surface area contributed by atoms with Gasteiger partial charge in [-0.15, -0.1) is 0 Å². The number of nitrogens with zero attached hydrogens (tertiary/aromatic N) is 3. The van der Waals surface area contributed by atoms with Gasteiger partial charge in [-0.1, -0.05) is 23.9 Å². The van der Waals surface area contributed by atoms with E-state index in [1.807, 2.05) is 6.07 Å². The summed E-state index contributed by atoms with van der Waals surface area (Å²) in [5.74, 6) is 0.0612. The van der Waals surface area contributed by atoms with E-state index in [0.29, 0.717) is 17.9 Å². The Kier molecular flexibility index (Phi) is 4.37. The van der Waals surface area contributed by atoms with Crippen LogP contribution >= 0.6 is 0 Å². The topological polar surface area (TPSA) is 60.9 Å². The maximum absolute atomic E-state index is 13.2. The number of rotatable bonds is 6. The van der Waals surface area contributed by atoms with E-state index in [1.54, 1.807) is 36.1 Å². The molecule has 0 spiro atoms. The molecule has 2 aromatic heterocycles. The molecule has 3 rings (SSSR count). The van der Waals surface area contributed by atoms with E-state index in [2.05, 4.69) is 16.8 Å². The van der Waals surface area contributed by atoms with Crippen molar-refractivity contribution in [3.63, 3.8) is 0 Å². The Labute approximate surface area is 138 Å². The van der Waals surface area contributed by atoms with Crippen LogP contribution in [0.2, 0.25) is 0 Å².